The number of anilines is 1. The summed E-state index contributed by atoms with van der Waals surface area (Å²) in [6, 6.07) is 10.5. The van der Waals surface area contributed by atoms with Crippen LogP contribution in [0.25, 0.3) is 0 Å². The third kappa shape index (κ3) is 2.96. The van der Waals surface area contributed by atoms with E-state index in [1.54, 1.807) is 25.3 Å². The highest BCUT2D eigenvalue weighted by Crippen LogP contribution is 2.31. The minimum atomic E-state index is -0.0650. The number of benzene rings is 2. The van der Waals surface area contributed by atoms with Gasteiger partial charge in [0.2, 0.25) is 0 Å². The molecule has 0 amide bonds. The standard InChI is InChI=1S/C16H19NO3/c1-10-8-12(4-7-15(10)18)17-11(2)14-6-5-13(20-3)9-16(14)19/h4-9,11,17-19H,1-3H3. The fourth-order valence-electron chi connectivity index (χ4n) is 2.09. The first kappa shape index (κ1) is 14.1. The Morgan fingerprint density at radius 2 is 1.80 bits per heavy atom. The topological polar surface area (TPSA) is 61.7 Å². The van der Waals surface area contributed by atoms with Gasteiger partial charge in [0, 0.05) is 17.3 Å². The van der Waals surface area contributed by atoms with Crippen LogP contribution in [0.3, 0.4) is 0 Å². The highest BCUT2D eigenvalue weighted by Gasteiger charge is 2.11. The van der Waals surface area contributed by atoms with Gasteiger partial charge in [0.15, 0.2) is 0 Å². The molecule has 0 fully saturated rings. The fraction of sp³-hybridized carbons (Fsp3) is 0.250. The second-order valence-corrected chi connectivity index (χ2v) is 4.79. The zero-order valence-electron chi connectivity index (χ0n) is 11.8. The number of nitrogens with one attached hydrogen (secondary N) is 1. The Morgan fingerprint density at radius 1 is 1.05 bits per heavy atom. The van der Waals surface area contributed by atoms with Crippen molar-refractivity contribution in [2.45, 2.75) is 19.9 Å². The summed E-state index contributed by atoms with van der Waals surface area (Å²) in [5, 5.41) is 22.8. The highest BCUT2D eigenvalue weighted by molar-refractivity contribution is 5.53. The molecule has 4 nitrogen and oxygen atoms in total. The summed E-state index contributed by atoms with van der Waals surface area (Å²) in [7, 11) is 1.56. The summed E-state index contributed by atoms with van der Waals surface area (Å²) in [6.45, 7) is 3.81. The molecule has 0 saturated carbocycles. The first-order valence-corrected chi connectivity index (χ1v) is 6.44. The average Bonchev–Trinajstić information content (AvgIpc) is 2.42. The van der Waals surface area contributed by atoms with Crippen LogP contribution < -0.4 is 10.1 Å². The van der Waals surface area contributed by atoms with Gasteiger partial charge in [-0.3, -0.25) is 0 Å². The second-order valence-electron chi connectivity index (χ2n) is 4.79. The van der Waals surface area contributed by atoms with E-state index < -0.39 is 0 Å². The quantitative estimate of drug-likeness (QED) is 0.745. The molecule has 0 spiro atoms. The monoisotopic (exact) mass is 273 g/mol. The molecule has 0 aliphatic rings. The molecule has 0 radical (unpaired) electrons. The van der Waals surface area contributed by atoms with Gasteiger partial charge in [-0.25, -0.2) is 0 Å². The number of aromatic hydroxyl groups is 2. The Balaban J connectivity index is 2.19. The molecule has 2 rings (SSSR count). The van der Waals surface area contributed by atoms with Gasteiger partial charge in [-0.15, -0.1) is 0 Å². The number of aryl methyl sites for hydroxylation is 1. The highest BCUT2D eigenvalue weighted by atomic mass is 16.5. The minimum Gasteiger partial charge on any atom is -0.508 e. The second kappa shape index (κ2) is 5.74. The zero-order chi connectivity index (χ0) is 14.7. The maximum atomic E-state index is 10.0. The van der Waals surface area contributed by atoms with Crippen molar-refractivity contribution in [1.82, 2.24) is 0 Å². The van der Waals surface area contributed by atoms with E-state index in [4.69, 9.17) is 4.74 Å². The van der Waals surface area contributed by atoms with Crippen molar-refractivity contribution in [1.29, 1.82) is 0 Å². The van der Waals surface area contributed by atoms with Crippen LogP contribution in [0.15, 0.2) is 36.4 Å². The van der Waals surface area contributed by atoms with E-state index in [0.717, 1.165) is 16.8 Å². The van der Waals surface area contributed by atoms with Gasteiger partial charge in [-0.2, -0.15) is 0 Å². The Bertz CT molecular complexity index is 611. The van der Waals surface area contributed by atoms with E-state index in [9.17, 15) is 10.2 Å². The first-order chi connectivity index (χ1) is 9.51. The summed E-state index contributed by atoms with van der Waals surface area (Å²) in [5.74, 6) is 1.09. The van der Waals surface area contributed by atoms with Crippen molar-refractivity contribution in [3.05, 3.63) is 47.5 Å². The molecule has 3 N–H and O–H groups in total. The molecule has 0 heterocycles. The number of rotatable bonds is 4. The molecule has 0 aromatic heterocycles. The summed E-state index contributed by atoms with van der Waals surface area (Å²) in [5.41, 5.74) is 2.49. The van der Waals surface area contributed by atoms with Crippen molar-refractivity contribution < 1.29 is 14.9 Å². The molecule has 0 bridgehead atoms. The fourth-order valence-corrected chi connectivity index (χ4v) is 2.09. The van der Waals surface area contributed by atoms with Gasteiger partial charge in [0.05, 0.1) is 13.2 Å². The van der Waals surface area contributed by atoms with Gasteiger partial charge in [-0.05, 0) is 49.7 Å². The lowest BCUT2D eigenvalue weighted by atomic mass is 10.1. The maximum absolute atomic E-state index is 10.0. The normalized spacial score (nSPS) is 11.9. The van der Waals surface area contributed by atoms with Crippen LogP contribution in [0.4, 0.5) is 5.69 Å². The van der Waals surface area contributed by atoms with Crippen molar-refractivity contribution in [2.24, 2.45) is 0 Å². The maximum Gasteiger partial charge on any atom is 0.124 e. The van der Waals surface area contributed by atoms with E-state index in [-0.39, 0.29) is 17.5 Å². The molecule has 0 saturated heterocycles. The Morgan fingerprint density at radius 3 is 2.40 bits per heavy atom. The van der Waals surface area contributed by atoms with Crippen LogP contribution in [0.5, 0.6) is 17.2 Å². The molecule has 0 aliphatic carbocycles. The number of hydrogen-bond donors (Lipinski definition) is 3. The third-order valence-electron chi connectivity index (χ3n) is 3.28. The molecule has 1 atom stereocenters. The predicted molar refractivity (Wildman–Crippen MR) is 79.5 cm³/mol. The first-order valence-electron chi connectivity index (χ1n) is 6.44. The Labute approximate surface area is 118 Å². The van der Waals surface area contributed by atoms with Crippen molar-refractivity contribution in [3.8, 4) is 17.2 Å². The van der Waals surface area contributed by atoms with Crippen LogP contribution in [-0.4, -0.2) is 17.3 Å². The minimum absolute atomic E-state index is 0.0650. The molecular weight excluding hydrogens is 254 g/mol. The van der Waals surface area contributed by atoms with Gasteiger partial charge in [-0.1, -0.05) is 0 Å². The van der Waals surface area contributed by atoms with E-state index in [1.807, 2.05) is 32.0 Å². The molecule has 1 unspecified atom stereocenters. The van der Waals surface area contributed by atoms with Crippen molar-refractivity contribution in [2.75, 3.05) is 12.4 Å². The zero-order valence-corrected chi connectivity index (χ0v) is 11.8. The lowest BCUT2D eigenvalue weighted by Gasteiger charge is -2.18. The lowest BCUT2D eigenvalue weighted by molar-refractivity contribution is 0.406. The van der Waals surface area contributed by atoms with E-state index in [2.05, 4.69) is 5.32 Å². The number of hydrogen-bond acceptors (Lipinski definition) is 4. The number of methoxy groups -OCH3 is 1. The smallest absolute Gasteiger partial charge is 0.124 e. The summed E-state index contributed by atoms with van der Waals surface area (Å²) >= 11 is 0. The number of phenolic OH excluding ortho intramolecular Hbond substituents is 2. The number of ether oxygens (including phenoxy) is 1. The van der Waals surface area contributed by atoms with Gasteiger partial charge >= 0.3 is 0 Å². The summed E-state index contributed by atoms with van der Waals surface area (Å²) in [4.78, 5) is 0. The molecular formula is C16H19NO3. The van der Waals surface area contributed by atoms with E-state index in [1.165, 1.54) is 0 Å². The van der Waals surface area contributed by atoms with Gasteiger partial charge in [0.25, 0.3) is 0 Å². The predicted octanol–water partition coefficient (Wildman–Crippen LogP) is 3.59. The van der Waals surface area contributed by atoms with E-state index >= 15 is 0 Å². The van der Waals surface area contributed by atoms with Crippen LogP contribution in [0.2, 0.25) is 0 Å². The Kier molecular flexibility index (Phi) is 4.03. The Hall–Kier alpha value is -2.36. The molecule has 106 valence electrons. The summed E-state index contributed by atoms with van der Waals surface area (Å²) in [6.07, 6.45) is 0. The SMILES string of the molecule is COc1ccc(C(C)Nc2ccc(O)c(C)c2)c(O)c1. The van der Waals surface area contributed by atoms with Gasteiger partial charge in [0.1, 0.15) is 17.2 Å². The lowest BCUT2D eigenvalue weighted by Crippen LogP contribution is -2.07. The van der Waals surface area contributed by atoms with Crippen molar-refractivity contribution in [3.63, 3.8) is 0 Å². The molecule has 0 aliphatic heterocycles. The van der Waals surface area contributed by atoms with Crippen LogP contribution in [-0.2, 0) is 0 Å². The van der Waals surface area contributed by atoms with Crippen LogP contribution >= 0.6 is 0 Å². The molecule has 20 heavy (non-hydrogen) atoms. The van der Waals surface area contributed by atoms with Crippen molar-refractivity contribution >= 4 is 5.69 Å². The van der Waals surface area contributed by atoms with Crippen LogP contribution in [0, 0.1) is 6.92 Å². The molecule has 2 aromatic rings. The van der Waals surface area contributed by atoms with Crippen LogP contribution in [0.1, 0.15) is 24.1 Å². The van der Waals surface area contributed by atoms with E-state index in [0.29, 0.717) is 5.75 Å². The third-order valence-corrected chi connectivity index (χ3v) is 3.28. The molecule has 2 aromatic carbocycles. The average molecular weight is 273 g/mol. The van der Waals surface area contributed by atoms with Gasteiger partial charge < -0.3 is 20.3 Å². The summed E-state index contributed by atoms with van der Waals surface area (Å²) < 4.78 is 5.07. The largest absolute Gasteiger partial charge is 0.508 e. The molecule has 4 heteroatoms. The number of phenols is 2.